The van der Waals surface area contributed by atoms with Crippen LogP contribution in [0.4, 0.5) is 0 Å². The van der Waals surface area contributed by atoms with Crippen molar-refractivity contribution in [3.63, 3.8) is 0 Å². The Labute approximate surface area is 71.5 Å². The van der Waals surface area contributed by atoms with Gasteiger partial charge in [0.15, 0.2) is 0 Å². The van der Waals surface area contributed by atoms with Gasteiger partial charge in [-0.25, -0.2) is 0 Å². The molecule has 2 aliphatic rings. The molecule has 0 bridgehead atoms. The molecule has 0 saturated heterocycles. The van der Waals surface area contributed by atoms with Crippen LogP contribution < -0.4 is 5.73 Å². The summed E-state index contributed by atoms with van der Waals surface area (Å²) >= 11 is 0. The van der Waals surface area contributed by atoms with Crippen LogP contribution in [-0.4, -0.2) is 43.1 Å². The first-order valence-corrected chi connectivity index (χ1v) is 4.01. The fraction of sp³-hybridized carbons (Fsp3) is 0.500. The van der Waals surface area contributed by atoms with E-state index in [0.29, 0.717) is 12.6 Å². The van der Waals surface area contributed by atoms with Gasteiger partial charge in [0.25, 0.3) is 0 Å². The summed E-state index contributed by atoms with van der Waals surface area (Å²) < 4.78 is 0. The van der Waals surface area contributed by atoms with Crippen molar-refractivity contribution in [2.24, 2.45) is 15.7 Å². The molecule has 2 heterocycles. The minimum Gasteiger partial charge on any atom is -0.357 e. The number of likely N-dealkylation sites (N-methyl/N-ethyl adjacent to an activating group) is 1. The van der Waals surface area contributed by atoms with Gasteiger partial charge in [-0.2, -0.15) is 0 Å². The second kappa shape index (κ2) is 2.71. The zero-order valence-corrected chi connectivity index (χ0v) is 7.01. The van der Waals surface area contributed by atoms with E-state index in [0.717, 1.165) is 5.70 Å². The van der Waals surface area contributed by atoms with Crippen molar-refractivity contribution in [1.29, 1.82) is 0 Å². The van der Waals surface area contributed by atoms with E-state index in [2.05, 4.69) is 21.0 Å². The molecule has 0 fully saturated rings. The summed E-state index contributed by atoms with van der Waals surface area (Å²) in [5.41, 5.74) is 6.44. The van der Waals surface area contributed by atoms with E-state index >= 15 is 0 Å². The van der Waals surface area contributed by atoms with E-state index < -0.39 is 0 Å². The highest BCUT2D eigenvalue weighted by atomic mass is 15.2. The third-order valence-electron chi connectivity index (χ3n) is 2.21. The van der Waals surface area contributed by atoms with Crippen molar-refractivity contribution in [3.8, 4) is 0 Å². The molecule has 64 valence electrons. The molecule has 0 amide bonds. The zero-order valence-electron chi connectivity index (χ0n) is 7.01. The van der Waals surface area contributed by atoms with Crippen LogP contribution in [0.2, 0.25) is 0 Å². The Morgan fingerprint density at radius 2 is 2.50 bits per heavy atom. The monoisotopic (exact) mass is 164 g/mol. The van der Waals surface area contributed by atoms with Crippen LogP contribution in [0.3, 0.4) is 0 Å². The fourth-order valence-electron chi connectivity index (χ4n) is 1.46. The molecule has 2 aliphatic heterocycles. The number of nitrogens with two attached hydrogens (primary N) is 1. The molecule has 0 aliphatic carbocycles. The van der Waals surface area contributed by atoms with Crippen LogP contribution >= 0.6 is 0 Å². The van der Waals surface area contributed by atoms with E-state index in [1.54, 1.807) is 0 Å². The van der Waals surface area contributed by atoms with Gasteiger partial charge in [0, 0.05) is 19.8 Å². The average Bonchev–Trinajstić information content (AvgIpc) is 2.47. The summed E-state index contributed by atoms with van der Waals surface area (Å²) in [5, 5.41) is 0. The Hall–Kier alpha value is -1.16. The van der Waals surface area contributed by atoms with E-state index in [9.17, 15) is 0 Å². The Kier molecular flexibility index (Phi) is 1.69. The SMILES string of the molecule is CN1C=NC2C=NC(CN)=CC21. The van der Waals surface area contributed by atoms with Crippen LogP contribution in [0.1, 0.15) is 0 Å². The third kappa shape index (κ3) is 1.04. The van der Waals surface area contributed by atoms with Crippen LogP contribution in [0.15, 0.2) is 21.8 Å². The molecule has 4 nitrogen and oxygen atoms in total. The molecule has 2 atom stereocenters. The number of rotatable bonds is 1. The summed E-state index contributed by atoms with van der Waals surface area (Å²) in [5.74, 6) is 0. The van der Waals surface area contributed by atoms with Crippen LogP contribution in [0.5, 0.6) is 0 Å². The Morgan fingerprint density at radius 1 is 1.67 bits per heavy atom. The largest absolute Gasteiger partial charge is 0.357 e. The molecule has 0 radical (unpaired) electrons. The molecular formula is C8H12N4. The molecule has 2 unspecified atom stereocenters. The lowest BCUT2D eigenvalue weighted by atomic mass is 10.1. The van der Waals surface area contributed by atoms with Crippen molar-refractivity contribution in [3.05, 3.63) is 11.8 Å². The summed E-state index contributed by atoms with van der Waals surface area (Å²) in [7, 11) is 2.01. The maximum Gasteiger partial charge on any atom is 0.111 e. The van der Waals surface area contributed by atoms with Crippen molar-refractivity contribution in [2.75, 3.05) is 13.6 Å². The molecule has 0 spiro atoms. The predicted molar refractivity (Wildman–Crippen MR) is 49.5 cm³/mol. The molecule has 2 rings (SSSR count). The van der Waals surface area contributed by atoms with Crippen LogP contribution in [0.25, 0.3) is 0 Å². The first-order valence-electron chi connectivity index (χ1n) is 4.01. The van der Waals surface area contributed by atoms with Gasteiger partial charge in [-0.3, -0.25) is 9.98 Å². The van der Waals surface area contributed by atoms with Gasteiger partial charge in [-0.1, -0.05) is 0 Å². The number of hydrogen-bond acceptors (Lipinski definition) is 4. The summed E-state index contributed by atoms with van der Waals surface area (Å²) in [6.45, 7) is 0.507. The first-order chi connectivity index (χ1) is 5.81. The van der Waals surface area contributed by atoms with Gasteiger partial charge in [0.05, 0.1) is 18.1 Å². The minimum absolute atomic E-state index is 0.199. The Balaban J connectivity index is 2.21. The number of fused-ring (bicyclic) bond motifs is 1. The lowest BCUT2D eigenvalue weighted by molar-refractivity contribution is 0.452. The van der Waals surface area contributed by atoms with Gasteiger partial charge < -0.3 is 10.6 Å². The molecule has 2 N–H and O–H groups in total. The van der Waals surface area contributed by atoms with Crippen molar-refractivity contribution in [1.82, 2.24) is 4.90 Å². The number of aliphatic imine (C=N–C) groups is 2. The third-order valence-corrected chi connectivity index (χ3v) is 2.21. The van der Waals surface area contributed by atoms with Gasteiger partial charge in [-0.05, 0) is 6.08 Å². The molecule has 12 heavy (non-hydrogen) atoms. The van der Waals surface area contributed by atoms with Crippen molar-refractivity contribution in [2.45, 2.75) is 12.1 Å². The second-order valence-electron chi connectivity index (χ2n) is 3.05. The van der Waals surface area contributed by atoms with Gasteiger partial charge in [0.1, 0.15) is 6.04 Å². The van der Waals surface area contributed by atoms with Gasteiger partial charge >= 0.3 is 0 Å². The van der Waals surface area contributed by atoms with Crippen molar-refractivity contribution >= 4 is 12.6 Å². The first kappa shape index (κ1) is 7.49. The smallest absolute Gasteiger partial charge is 0.111 e. The lowest BCUT2D eigenvalue weighted by Crippen LogP contribution is -2.35. The van der Waals surface area contributed by atoms with E-state index in [1.807, 2.05) is 19.6 Å². The Morgan fingerprint density at radius 3 is 3.25 bits per heavy atom. The molecule has 0 aromatic heterocycles. The summed E-state index contributed by atoms with van der Waals surface area (Å²) in [6.07, 6.45) is 5.79. The highest BCUT2D eigenvalue weighted by molar-refractivity contribution is 5.76. The van der Waals surface area contributed by atoms with E-state index in [1.165, 1.54) is 0 Å². The number of hydrogen-bond donors (Lipinski definition) is 1. The highest BCUT2D eigenvalue weighted by Gasteiger charge is 2.27. The maximum absolute atomic E-state index is 5.49. The van der Waals surface area contributed by atoms with Crippen LogP contribution in [0, 0.1) is 0 Å². The molecule has 0 aromatic rings. The average molecular weight is 164 g/mol. The normalized spacial score (nSPS) is 32.2. The molecular weight excluding hydrogens is 152 g/mol. The summed E-state index contributed by atoms with van der Waals surface area (Å²) in [6, 6.07) is 0.534. The van der Waals surface area contributed by atoms with Crippen molar-refractivity contribution < 1.29 is 0 Å². The second-order valence-corrected chi connectivity index (χ2v) is 3.05. The van der Waals surface area contributed by atoms with Gasteiger partial charge in [-0.15, -0.1) is 0 Å². The standard InChI is InChI=1S/C8H12N4/c1-12-5-11-7-4-10-6(3-9)2-8(7)12/h2,4-5,7-8H,3,9H2,1H3. The fourth-order valence-corrected chi connectivity index (χ4v) is 1.46. The van der Waals surface area contributed by atoms with Crippen LogP contribution in [-0.2, 0) is 0 Å². The topological polar surface area (TPSA) is 54.0 Å². The lowest BCUT2D eigenvalue weighted by Gasteiger charge is -2.22. The quantitative estimate of drug-likeness (QED) is 0.574. The van der Waals surface area contributed by atoms with Gasteiger partial charge in [0.2, 0.25) is 0 Å². The van der Waals surface area contributed by atoms with E-state index in [-0.39, 0.29) is 6.04 Å². The Bertz CT molecular complexity index is 266. The number of nitrogens with zero attached hydrogens (tertiary/aromatic N) is 3. The predicted octanol–water partition coefficient (Wildman–Crippen LogP) is -0.376. The highest BCUT2D eigenvalue weighted by Crippen LogP contribution is 2.17. The molecule has 0 aromatic carbocycles. The minimum atomic E-state index is 0.199. The zero-order chi connectivity index (χ0) is 8.55. The van der Waals surface area contributed by atoms with E-state index in [4.69, 9.17) is 5.73 Å². The molecule has 4 heteroatoms. The maximum atomic E-state index is 5.49. The summed E-state index contributed by atoms with van der Waals surface area (Å²) in [4.78, 5) is 10.5. The molecule has 0 saturated carbocycles.